The van der Waals surface area contributed by atoms with Crippen LogP contribution in [0.5, 0.6) is 0 Å². The smallest absolute Gasteiger partial charge is 0.267 e. The van der Waals surface area contributed by atoms with Crippen LogP contribution in [0.2, 0.25) is 10.0 Å². The van der Waals surface area contributed by atoms with Crippen molar-refractivity contribution in [3.63, 3.8) is 0 Å². The molecule has 0 saturated heterocycles. The Balaban J connectivity index is 1.78. The van der Waals surface area contributed by atoms with E-state index in [1.54, 1.807) is 12.1 Å². The van der Waals surface area contributed by atoms with Crippen LogP contribution in [0.4, 0.5) is 5.69 Å². The highest BCUT2D eigenvalue weighted by atomic mass is 35.5. The minimum atomic E-state index is -0.307. The molecule has 0 aliphatic carbocycles. The van der Waals surface area contributed by atoms with Crippen molar-refractivity contribution < 1.29 is 4.79 Å². The minimum absolute atomic E-state index is 0.307. The van der Waals surface area contributed by atoms with Crippen LogP contribution in [0.1, 0.15) is 9.67 Å². The molecule has 2 aromatic carbocycles. The number of anilines is 1. The number of nitrogens with zero attached hydrogens (tertiary/aromatic N) is 2. The van der Waals surface area contributed by atoms with Crippen molar-refractivity contribution in [2.45, 2.75) is 0 Å². The van der Waals surface area contributed by atoms with Gasteiger partial charge in [0, 0.05) is 10.1 Å². The molecule has 1 N–H and O–H groups in total. The van der Waals surface area contributed by atoms with E-state index in [9.17, 15) is 4.79 Å². The van der Waals surface area contributed by atoms with Gasteiger partial charge in [0.25, 0.3) is 5.91 Å². The number of amides is 1. The minimum Gasteiger partial charge on any atom is -0.318 e. The summed E-state index contributed by atoms with van der Waals surface area (Å²) in [4.78, 5) is 13.1. The van der Waals surface area contributed by atoms with Crippen molar-refractivity contribution in [3.05, 3.63) is 51.3 Å². The number of nitrogens with one attached hydrogen (secondary N) is 1. The lowest BCUT2D eigenvalue weighted by molar-refractivity contribution is 0.103. The Bertz CT molecular complexity index is 1060. The third-order valence-corrected chi connectivity index (χ3v) is 5.89. The Morgan fingerprint density at radius 2 is 1.91 bits per heavy atom. The van der Waals surface area contributed by atoms with Gasteiger partial charge in [-0.3, -0.25) is 4.79 Å². The summed E-state index contributed by atoms with van der Waals surface area (Å²) in [5, 5.41) is 4.54. The van der Waals surface area contributed by atoms with Gasteiger partial charge in [0.1, 0.15) is 15.9 Å². The van der Waals surface area contributed by atoms with E-state index in [-0.39, 0.29) is 5.91 Å². The normalized spacial score (nSPS) is 11.2. The zero-order valence-corrected chi connectivity index (χ0v) is 14.5. The fourth-order valence-electron chi connectivity index (χ4n) is 2.28. The van der Waals surface area contributed by atoms with Crippen molar-refractivity contribution in [1.82, 2.24) is 8.75 Å². The fourth-order valence-corrected chi connectivity index (χ4v) is 4.43. The fraction of sp³-hybridized carbons (Fsp3) is 0. The number of hydrogen-bond donors (Lipinski definition) is 1. The number of halogens is 2. The SMILES string of the molecule is O=C(Nc1c(Cl)ccc2nsnc12)c1sc2ccccc2c1Cl. The molecule has 0 unspecified atom stereocenters. The van der Waals surface area contributed by atoms with Crippen molar-refractivity contribution in [3.8, 4) is 0 Å². The highest BCUT2D eigenvalue weighted by molar-refractivity contribution is 7.21. The summed E-state index contributed by atoms with van der Waals surface area (Å²) in [5.41, 5.74) is 1.72. The van der Waals surface area contributed by atoms with Crippen molar-refractivity contribution in [1.29, 1.82) is 0 Å². The summed E-state index contributed by atoms with van der Waals surface area (Å²) < 4.78 is 9.30. The molecular weight excluding hydrogens is 373 g/mol. The standard InChI is InChI=1S/C15H7Cl2N3OS2/c16-8-5-6-9-13(20-23-19-9)12(8)18-15(21)14-11(17)7-3-1-2-4-10(7)22-14/h1-6H,(H,18,21). The number of carbonyl (C=O) groups excluding carboxylic acids is 1. The van der Waals surface area contributed by atoms with Gasteiger partial charge in [-0.2, -0.15) is 8.75 Å². The van der Waals surface area contributed by atoms with Crippen LogP contribution in [-0.4, -0.2) is 14.7 Å². The van der Waals surface area contributed by atoms with E-state index in [4.69, 9.17) is 23.2 Å². The number of rotatable bonds is 2. The van der Waals surface area contributed by atoms with E-state index in [1.165, 1.54) is 11.3 Å². The van der Waals surface area contributed by atoms with Gasteiger partial charge in [-0.25, -0.2) is 0 Å². The van der Waals surface area contributed by atoms with Crippen LogP contribution >= 0.6 is 46.3 Å². The molecule has 4 rings (SSSR count). The number of thiophene rings is 1. The van der Waals surface area contributed by atoms with Gasteiger partial charge < -0.3 is 5.32 Å². The maximum absolute atomic E-state index is 12.6. The van der Waals surface area contributed by atoms with Gasteiger partial charge in [0.05, 0.1) is 27.5 Å². The van der Waals surface area contributed by atoms with Gasteiger partial charge in [-0.05, 0) is 18.2 Å². The lowest BCUT2D eigenvalue weighted by Gasteiger charge is -2.06. The number of benzene rings is 2. The number of hydrogen-bond acceptors (Lipinski definition) is 5. The Morgan fingerprint density at radius 3 is 2.74 bits per heavy atom. The Morgan fingerprint density at radius 1 is 1.09 bits per heavy atom. The predicted octanol–water partition coefficient (Wildman–Crippen LogP) is 5.47. The molecule has 1 amide bonds. The second-order valence-electron chi connectivity index (χ2n) is 4.75. The molecule has 4 nitrogen and oxygen atoms in total. The molecule has 2 aromatic heterocycles. The van der Waals surface area contributed by atoms with Gasteiger partial charge >= 0.3 is 0 Å². The first-order valence-electron chi connectivity index (χ1n) is 6.54. The van der Waals surface area contributed by atoms with Crippen LogP contribution < -0.4 is 5.32 Å². The molecule has 0 bridgehead atoms. The zero-order chi connectivity index (χ0) is 16.0. The van der Waals surface area contributed by atoms with Gasteiger partial charge in [0.2, 0.25) is 0 Å². The quantitative estimate of drug-likeness (QED) is 0.502. The second kappa shape index (κ2) is 5.72. The third kappa shape index (κ3) is 2.48. The Kier molecular flexibility index (Phi) is 3.69. The van der Waals surface area contributed by atoms with E-state index < -0.39 is 0 Å². The highest BCUT2D eigenvalue weighted by Gasteiger charge is 2.19. The molecule has 0 radical (unpaired) electrons. The van der Waals surface area contributed by atoms with Crippen molar-refractivity contribution in [2.75, 3.05) is 5.32 Å². The van der Waals surface area contributed by atoms with E-state index in [0.29, 0.717) is 31.6 Å². The summed E-state index contributed by atoms with van der Waals surface area (Å²) in [5.74, 6) is -0.307. The van der Waals surface area contributed by atoms with Crippen LogP contribution in [0, 0.1) is 0 Å². The second-order valence-corrected chi connectivity index (χ2v) is 7.12. The largest absolute Gasteiger partial charge is 0.318 e. The molecule has 114 valence electrons. The summed E-state index contributed by atoms with van der Waals surface area (Å²) >= 11 is 15.0. The first-order chi connectivity index (χ1) is 11.1. The molecule has 0 aliphatic heterocycles. The average molecular weight is 380 g/mol. The monoisotopic (exact) mass is 379 g/mol. The van der Waals surface area contributed by atoms with Crippen molar-refractivity contribution >= 4 is 79.0 Å². The number of fused-ring (bicyclic) bond motifs is 2. The van der Waals surface area contributed by atoms with Crippen LogP contribution in [-0.2, 0) is 0 Å². The Hall–Kier alpha value is -1.73. The van der Waals surface area contributed by atoms with E-state index in [1.807, 2.05) is 24.3 Å². The van der Waals surface area contributed by atoms with Crippen LogP contribution in [0.25, 0.3) is 21.1 Å². The zero-order valence-electron chi connectivity index (χ0n) is 11.3. The molecule has 0 atom stereocenters. The van der Waals surface area contributed by atoms with Crippen LogP contribution in [0.15, 0.2) is 36.4 Å². The summed E-state index contributed by atoms with van der Waals surface area (Å²) in [6, 6.07) is 11.1. The third-order valence-electron chi connectivity index (χ3n) is 3.36. The lowest BCUT2D eigenvalue weighted by Crippen LogP contribution is -2.11. The van der Waals surface area contributed by atoms with E-state index in [0.717, 1.165) is 21.8 Å². The van der Waals surface area contributed by atoms with Gasteiger partial charge in [0.15, 0.2) is 0 Å². The van der Waals surface area contributed by atoms with E-state index in [2.05, 4.69) is 14.1 Å². The van der Waals surface area contributed by atoms with Crippen molar-refractivity contribution in [2.24, 2.45) is 0 Å². The lowest BCUT2D eigenvalue weighted by atomic mass is 10.2. The average Bonchev–Trinajstić information content (AvgIpc) is 3.15. The molecule has 4 aromatic rings. The summed E-state index contributed by atoms with van der Waals surface area (Å²) in [6.45, 7) is 0. The maximum Gasteiger partial charge on any atom is 0.267 e. The summed E-state index contributed by atoms with van der Waals surface area (Å²) in [7, 11) is 0. The molecule has 2 heterocycles. The molecule has 0 fully saturated rings. The van der Waals surface area contributed by atoms with Crippen LogP contribution in [0.3, 0.4) is 0 Å². The molecule has 0 saturated carbocycles. The molecule has 0 spiro atoms. The maximum atomic E-state index is 12.6. The predicted molar refractivity (Wildman–Crippen MR) is 97.2 cm³/mol. The first kappa shape index (κ1) is 14.8. The Labute approximate surface area is 149 Å². The first-order valence-corrected chi connectivity index (χ1v) is 8.84. The van der Waals surface area contributed by atoms with E-state index >= 15 is 0 Å². The molecule has 8 heteroatoms. The summed E-state index contributed by atoms with van der Waals surface area (Å²) in [6.07, 6.45) is 0. The van der Waals surface area contributed by atoms with Gasteiger partial charge in [-0.1, -0.05) is 41.4 Å². The number of carbonyl (C=O) groups is 1. The molecule has 23 heavy (non-hydrogen) atoms. The molecule has 0 aliphatic rings. The number of aromatic nitrogens is 2. The topological polar surface area (TPSA) is 54.9 Å². The van der Waals surface area contributed by atoms with Gasteiger partial charge in [-0.15, -0.1) is 11.3 Å². The molecular formula is C15H7Cl2N3OS2. The highest BCUT2D eigenvalue weighted by Crippen LogP contribution is 2.37.